The molecule has 260 valence electrons. The van der Waals surface area contributed by atoms with Crippen LogP contribution < -0.4 is 0 Å². The highest BCUT2D eigenvalue weighted by Gasteiger charge is 2.47. The summed E-state index contributed by atoms with van der Waals surface area (Å²) >= 11 is 0. The van der Waals surface area contributed by atoms with Gasteiger partial charge in [0.05, 0.1) is 13.2 Å². The van der Waals surface area contributed by atoms with Crippen LogP contribution in [-0.2, 0) is 51.5 Å². The molecule has 0 saturated heterocycles. The normalized spacial score (nSPS) is 17.2. The summed E-state index contributed by atoms with van der Waals surface area (Å²) in [6.07, 6.45) is -4.21. The molecule has 0 fully saturated rings. The summed E-state index contributed by atoms with van der Waals surface area (Å²) in [4.78, 5) is 23.8. The summed E-state index contributed by atoms with van der Waals surface area (Å²) in [6.45, 7) is 16.5. The van der Waals surface area contributed by atoms with Crippen molar-refractivity contribution < 1.29 is 45.0 Å². The first kappa shape index (κ1) is 41.4. The minimum atomic E-state index is -2.11. The third kappa shape index (κ3) is 10.7. The van der Waals surface area contributed by atoms with Crippen LogP contribution >= 0.6 is 0 Å². The van der Waals surface area contributed by atoms with Gasteiger partial charge in [-0.05, 0) is 78.6 Å². The van der Waals surface area contributed by atoms with E-state index in [1.807, 2.05) is 0 Å². The Labute approximate surface area is 275 Å². The van der Waals surface area contributed by atoms with Crippen molar-refractivity contribution in [3.8, 4) is 0 Å². The highest BCUT2D eigenvalue weighted by Crippen LogP contribution is 2.37. The SMILES string of the molecule is CCOC(=O)[C@@H](F)[C@](C)(C[S@](=O)C(C)(C)C)c1ccccc1F.CCOC(=O)[C@H](F)[C@](C)(C[S@](=O)C(C)(C)C)c1ccccc1F. The lowest BCUT2D eigenvalue weighted by Gasteiger charge is -2.34. The van der Waals surface area contributed by atoms with Crippen molar-refractivity contribution in [2.24, 2.45) is 0 Å². The molecule has 0 amide bonds. The van der Waals surface area contributed by atoms with Gasteiger partial charge in [-0.2, -0.15) is 0 Å². The third-order valence-electron chi connectivity index (χ3n) is 7.31. The van der Waals surface area contributed by atoms with Gasteiger partial charge in [0.15, 0.2) is 0 Å². The van der Waals surface area contributed by atoms with Crippen LogP contribution in [-0.4, -0.2) is 66.9 Å². The Morgan fingerprint density at radius 1 is 0.630 bits per heavy atom. The molecule has 6 nitrogen and oxygen atoms in total. The summed E-state index contributed by atoms with van der Waals surface area (Å²) in [5.74, 6) is -3.76. The highest BCUT2D eigenvalue weighted by molar-refractivity contribution is 7.86. The van der Waals surface area contributed by atoms with Gasteiger partial charge in [0.25, 0.3) is 0 Å². The van der Waals surface area contributed by atoms with E-state index in [9.17, 15) is 35.6 Å². The fourth-order valence-corrected chi connectivity index (χ4v) is 6.91. The molecular weight excluding hydrogens is 644 g/mol. The third-order valence-corrected chi connectivity index (χ3v) is 11.8. The minimum Gasteiger partial charge on any atom is -0.464 e. The Hall–Kier alpha value is -2.60. The molecular formula is C34H48F4O6S2. The predicted molar refractivity (Wildman–Crippen MR) is 176 cm³/mol. The van der Waals surface area contributed by atoms with Crippen molar-refractivity contribution in [3.05, 3.63) is 71.3 Å². The number of carbonyl (C=O) groups excluding carboxylic acids is 2. The molecule has 0 N–H and O–H groups in total. The largest absolute Gasteiger partial charge is 0.464 e. The maximum Gasteiger partial charge on any atom is 0.341 e. The Bertz CT molecular complexity index is 1270. The van der Waals surface area contributed by atoms with Crippen LogP contribution in [0.4, 0.5) is 17.6 Å². The zero-order valence-corrected chi connectivity index (χ0v) is 30.0. The van der Waals surface area contributed by atoms with Crippen LogP contribution in [0.2, 0.25) is 0 Å². The molecule has 0 spiro atoms. The molecule has 2 aromatic rings. The molecule has 0 heterocycles. The van der Waals surface area contributed by atoms with Crippen molar-refractivity contribution in [2.75, 3.05) is 24.7 Å². The molecule has 0 aliphatic carbocycles. The van der Waals surface area contributed by atoms with Crippen molar-refractivity contribution in [2.45, 2.75) is 102 Å². The summed E-state index contributed by atoms with van der Waals surface area (Å²) in [7, 11) is -2.94. The predicted octanol–water partition coefficient (Wildman–Crippen LogP) is 7.06. The molecule has 6 atom stereocenters. The minimum absolute atomic E-state index is 0.0228. The molecule has 0 radical (unpaired) electrons. The number of ether oxygens (including phenoxy) is 2. The smallest absolute Gasteiger partial charge is 0.341 e. The van der Waals surface area contributed by atoms with Crippen molar-refractivity contribution in [3.63, 3.8) is 0 Å². The molecule has 12 heteroatoms. The number of hydrogen-bond donors (Lipinski definition) is 0. The van der Waals surface area contributed by atoms with E-state index in [1.54, 1.807) is 67.5 Å². The number of halogens is 4. The van der Waals surface area contributed by atoms with Crippen LogP contribution in [0.25, 0.3) is 0 Å². The topological polar surface area (TPSA) is 86.7 Å². The second-order valence-electron chi connectivity index (χ2n) is 13.2. The van der Waals surface area contributed by atoms with Gasteiger partial charge in [-0.15, -0.1) is 0 Å². The Kier molecular flexibility index (Phi) is 15.3. The number of alkyl halides is 2. The number of rotatable bonds is 12. The number of carbonyl (C=O) groups is 2. The van der Waals surface area contributed by atoms with E-state index in [4.69, 9.17) is 9.47 Å². The number of esters is 2. The maximum atomic E-state index is 14.9. The second kappa shape index (κ2) is 17.0. The van der Waals surface area contributed by atoms with E-state index >= 15 is 0 Å². The van der Waals surface area contributed by atoms with E-state index in [0.29, 0.717) is 0 Å². The van der Waals surface area contributed by atoms with Crippen molar-refractivity contribution >= 4 is 33.5 Å². The first-order chi connectivity index (χ1) is 21.1. The van der Waals surface area contributed by atoms with Crippen LogP contribution in [0.15, 0.2) is 48.5 Å². The zero-order chi connectivity index (χ0) is 35.7. The molecule has 0 aliphatic rings. The zero-order valence-electron chi connectivity index (χ0n) is 28.4. The maximum absolute atomic E-state index is 14.9. The first-order valence-corrected chi connectivity index (χ1v) is 17.6. The molecule has 46 heavy (non-hydrogen) atoms. The van der Waals surface area contributed by atoms with Crippen LogP contribution in [0, 0.1) is 11.6 Å². The van der Waals surface area contributed by atoms with Gasteiger partial charge in [0.1, 0.15) is 11.6 Å². The van der Waals surface area contributed by atoms with Gasteiger partial charge in [-0.1, -0.05) is 50.2 Å². The molecule has 0 saturated carbocycles. The summed E-state index contributed by atoms with van der Waals surface area (Å²) < 4.78 is 91.5. The first-order valence-electron chi connectivity index (χ1n) is 15.0. The molecule has 0 unspecified atom stereocenters. The van der Waals surface area contributed by atoms with E-state index in [-0.39, 0.29) is 35.8 Å². The lowest BCUT2D eigenvalue weighted by Crippen LogP contribution is -2.47. The molecule has 0 aromatic heterocycles. The average Bonchev–Trinajstić information content (AvgIpc) is 2.96. The molecule has 2 aromatic carbocycles. The summed E-state index contributed by atoms with van der Waals surface area (Å²) in [6, 6.07) is 11.3. The number of hydrogen-bond acceptors (Lipinski definition) is 6. The van der Waals surface area contributed by atoms with Gasteiger partial charge in [-0.3, -0.25) is 8.42 Å². The van der Waals surface area contributed by atoms with Gasteiger partial charge in [0.2, 0.25) is 12.3 Å². The molecule has 0 bridgehead atoms. The fraction of sp³-hybridized carbons (Fsp3) is 0.588. The average molecular weight is 693 g/mol. The van der Waals surface area contributed by atoms with Crippen LogP contribution in [0.1, 0.15) is 80.4 Å². The van der Waals surface area contributed by atoms with Gasteiger partial charge in [0, 0.05) is 53.4 Å². The Morgan fingerprint density at radius 3 is 1.15 bits per heavy atom. The second-order valence-corrected chi connectivity index (χ2v) is 17.6. The highest BCUT2D eigenvalue weighted by atomic mass is 32.2. The van der Waals surface area contributed by atoms with Gasteiger partial charge >= 0.3 is 11.9 Å². The fourth-order valence-electron chi connectivity index (χ4n) is 4.35. The van der Waals surface area contributed by atoms with E-state index in [0.717, 1.165) is 0 Å². The summed E-state index contributed by atoms with van der Waals surface area (Å²) in [5, 5.41) is 0. The summed E-state index contributed by atoms with van der Waals surface area (Å²) in [5.41, 5.74) is -3.10. The van der Waals surface area contributed by atoms with Gasteiger partial charge < -0.3 is 9.47 Å². The Morgan fingerprint density at radius 2 is 0.913 bits per heavy atom. The molecule has 2 rings (SSSR count). The van der Waals surface area contributed by atoms with Crippen LogP contribution in [0.5, 0.6) is 0 Å². The lowest BCUT2D eigenvalue weighted by molar-refractivity contribution is -0.152. The standard InChI is InChI=1S/2C17H24F2O3S/c2*1-6-22-15(20)14(19)17(5,11-23(21)16(2,3)4)12-9-7-8-10-13(12)18/h2*7-10,14H,6,11H2,1-5H3/t14-,17+,23-;14-,17-,23+/m01/s1. The number of benzene rings is 2. The van der Waals surface area contributed by atoms with Crippen LogP contribution in [0.3, 0.4) is 0 Å². The van der Waals surface area contributed by atoms with E-state index in [1.165, 1.54) is 50.2 Å². The van der Waals surface area contributed by atoms with E-state index in [2.05, 4.69) is 0 Å². The van der Waals surface area contributed by atoms with Crippen molar-refractivity contribution in [1.82, 2.24) is 0 Å². The Balaban J connectivity index is 0.000000460. The van der Waals surface area contributed by atoms with Gasteiger partial charge in [-0.25, -0.2) is 27.2 Å². The van der Waals surface area contributed by atoms with Crippen molar-refractivity contribution in [1.29, 1.82) is 0 Å². The quantitative estimate of drug-likeness (QED) is 0.175. The monoisotopic (exact) mass is 692 g/mol. The lowest BCUT2D eigenvalue weighted by atomic mass is 9.79. The van der Waals surface area contributed by atoms with E-state index < -0.39 is 77.8 Å². The molecule has 0 aliphatic heterocycles.